The van der Waals surface area contributed by atoms with Gasteiger partial charge < -0.3 is 10.1 Å². The van der Waals surface area contributed by atoms with Gasteiger partial charge in [0.05, 0.1) is 6.61 Å². The molecule has 0 rings (SSSR count). The molecule has 3 heteroatoms. The maximum Gasteiger partial charge on any atom is 0.324 e. The van der Waals surface area contributed by atoms with Crippen molar-refractivity contribution in [2.75, 3.05) is 13.7 Å². The molecule has 11 heavy (non-hydrogen) atoms. The molecule has 62 valence electrons. The molecule has 0 fully saturated rings. The van der Waals surface area contributed by atoms with E-state index in [1.54, 1.807) is 14.0 Å². The second-order valence-electron chi connectivity index (χ2n) is 2.00. The van der Waals surface area contributed by atoms with Crippen LogP contribution in [0.25, 0.3) is 0 Å². The quantitative estimate of drug-likeness (QED) is 0.464. The first-order valence-electron chi connectivity index (χ1n) is 3.53. The first kappa shape index (κ1) is 9.99. The normalized spacial score (nSPS) is 11.7. The SMILES string of the molecule is C#CCC(NC)C(=O)OCC. The Balaban J connectivity index is 3.83. The zero-order valence-corrected chi connectivity index (χ0v) is 6.89. The zero-order chi connectivity index (χ0) is 8.69. The number of ether oxygens (including phenoxy) is 1. The van der Waals surface area contributed by atoms with Crippen LogP contribution in [0.3, 0.4) is 0 Å². The monoisotopic (exact) mass is 155 g/mol. The van der Waals surface area contributed by atoms with Crippen molar-refractivity contribution in [3.8, 4) is 12.3 Å². The highest BCUT2D eigenvalue weighted by molar-refractivity contribution is 5.76. The summed E-state index contributed by atoms with van der Waals surface area (Å²) in [6.45, 7) is 2.15. The second-order valence-corrected chi connectivity index (χ2v) is 2.00. The van der Waals surface area contributed by atoms with Gasteiger partial charge in [0.25, 0.3) is 0 Å². The standard InChI is InChI=1S/C8H13NO2/c1-4-6-7(9-3)8(10)11-5-2/h1,7,9H,5-6H2,2-3H3. The summed E-state index contributed by atoms with van der Waals surface area (Å²) in [6, 6.07) is -0.361. The molecule has 0 aromatic heterocycles. The molecule has 0 amide bonds. The van der Waals surface area contributed by atoms with Gasteiger partial charge in [0.1, 0.15) is 6.04 Å². The first-order valence-corrected chi connectivity index (χ1v) is 3.53. The topological polar surface area (TPSA) is 38.3 Å². The number of carbonyl (C=O) groups is 1. The minimum absolute atomic E-state index is 0.284. The van der Waals surface area contributed by atoms with E-state index in [-0.39, 0.29) is 12.0 Å². The molecule has 0 saturated carbocycles. The van der Waals surface area contributed by atoms with Crippen molar-refractivity contribution in [3.63, 3.8) is 0 Å². The molecule has 0 aliphatic rings. The molecular weight excluding hydrogens is 142 g/mol. The summed E-state index contributed by atoms with van der Waals surface area (Å²) in [5.74, 6) is 2.11. The number of carbonyl (C=O) groups excluding carboxylic acids is 1. The molecule has 0 aliphatic heterocycles. The van der Waals surface area contributed by atoms with E-state index in [4.69, 9.17) is 11.2 Å². The van der Waals surface area contributed by atoms with Crippen LogP contribution in [-0.2, 0) is 9.53 Å². The summed E-state index contributed by atoms with van der Waals surface area (Å²) >= 11 is 0. The Morgan fingerprint density at radius 1 is 1.82 bits per heavy atom. The molecular formula is C8H13NO2. The Morgan fingerprint density at radius 2 is 2.45 bits per heavy atom. The predicted octanol–water partition coefficient (Wildman–Crippen LogP) is 0.161. The third-order valence-electron chi connectivity index (χ3n) is 1.24. The van der Waals surface area contributed by atoms with E-state index in [9.17, 15) is 4.79 Å². The van der Waals surface area contributed by atoms with Crippen LogP contribution < -0.4 is 5.32 Å². The van der Waals surface area contributed by atoms with Gasteiger partial charge in [-0.2, -0.15) is 0 Å². The minimum atomic E-state index is -0.361. The van der Waals surface area contributed by atoms with E-state index in [1.807, 2.05) is 0 Å². The average molecular weight is 155 g/mol. The third-order valence-corrected chi connectivity index (χ3v) is 1.24. The molecule has 1 atom stereocenters. The highest BCUT2D eigenvalue weighted by Gasteiger charge is 2.15. The smallest absolute Gasteiger partial charge is 0.324 e. The second kappa shape index (κ2) is 5.75. The lowest BCUT2D eigenvalue weighted by atomic mass is 10.2. The van der Waals surface area contributed by atoms with Gasteiger partial charge in [-0.3, -0.25) is 4.79 Å². The van der Waals surface area contributed by atoms with Crippen molar-refractivity contribution in [1.82, 2.24) is 5.32 Å². The fraction of sp³-hybridized carbons (Fsp3) is 0.625. The van der Waals surface area contributed by atoms with Gasteiger partial charge in [-0.25, -0.2) is 0 Å². The zero-order valence-electron chi connectivity index (χ0n) is 6.89. The average Bonchev–Trinajstić information content (AvgIpc) is 2.00. The molecule has 0 aromatic carbocycles. The van der Waals surface area contributed by atoms with E-state index in [2.05, 4.69) is 11.2 Å². The number of rotatable bonds is 4. The highest BCUT2D eigenvalue weighted by Crippen LogP contribution is 1.92. The van der Waals surface area contributed by atoms with Crippen LogP contribution in [-0.4, -0.2) is 25.7 Å². The van der Waals surface area contributed by atoms with Gasteiger partial charge >= 0.3 is 5.97 Å². The van der Waals surface area contributed by atoms with Crippen LogP contribution in [0.2, 0.25) is 0 Å². The Morgan fingerprint density at radius 3 is 2.82 bits per heavy atom. The molecule has 0 aromatic rings. The lowest BCUT2D eigenvalue weighted by molar-refractivity contribution is -0.145. The third kappa shape index (κ3) is 3.64. The van der Waals surface area contributed by atoms with E-state index in [0.29, 0.717) is 13.0 Å². The number of hydrogen-bond donors (Lipinski definition) is 1. The molecule has 3 nitrogen and oxygen atoms in total. The number of likely N-dealkylation sites (N-methyl/N-ethyl adjacent to an activating group) is 1. The van der Waals surface area contributed by atoms with Gasteiger partial charge in [-0.05, 0) is 14.0 Å². The number of esters is 1. The maximum absolute atomic E-state index is 11.0. The van der Waals surface area contributed by atoms with E-state index in [1.165, 1.54) is 0 Å². The number of nitrogens with one attached hydrogen (secondary N) is 1. The molecule has 0 spiro atoms. The Labute approximate surface area is 67.1 Å². The van der Waals surface area contributed by atoms with Crippen molar-refractivity contribution in [1.29, 1.82) is 0 Å². The maximum atomic E-state index is 11.0. The largest absolute Gasteiger partial charge is 0.465 e. The molecule has 1 unspecified atom stereocenters. The van der Waals surface area contributed by atoms with Crippen LogP contribution in [0.15, 0.2) is 0 Å². The summed E-state index contributed by atoms with van der Waals surface area (Å²) in [5.41, 5.74) is 0. The van der Waals surface area contributed by atoms with Crippen LogP contribution in [0.4, 0.5) is 0 Å². The Bertz CT molecular complexity index is 160. The lowest BCUT2D eigenvalue weighted by Crippen LogP contribution is -2.35. The molecule has 0 radical (unpaired) electrons. The summed E-state index contributed by atoms with van der Waals surface area (Å²) in [5, 5.41) is 2.77. The van der Waals surface area contributed by atoms with E-state index in [0.717, 1.165) is 0 Å². The van der Waals surface area contributed by atoms with E-state index < -0.39 is 0 Å². The van der Waals surface area contributed by atoms with Gasteiger partial charge in [0.2, 0.25) is 0 Å². The molecule has 0 bridgehead atoms. The van der Waals surface area contributed by atoms with E-state index >= 15 is 0 Å². The predicted molar refractivity (Wildman–Crippen MR) is 42.9 cm³/mol. The van der Waals surface area contributed by atoms with Gasteiger partial charge in [-0.15, -0.1) is 12.3 Å². The fourth-order valence-electron chi connectivity index (χ4n) is 0.664. The molecule has 0 heterocycles. The van der Waals surface area contributed by atoms with Crippen molar-refractivity contribution < 1.29 is 9.53 Å². The van der Waals surface area contributed by atoms with Crippen molar-refractivity contribution in [2.24, 2.45) is 0 Å². The number of hydrogen-bond acceptors (Lipinski definition) is 3. The Hall–Kier alpha value is -1.01. The molecule has 0 aliphatic carbocycles. The summed E-state index contributed by atoms with van der Waals surface area (Å²) in [7, 11) is 1.68. The molecule has 0 saturated heterocycles. The summed E-state index contributed by atoms with van der Waals surface area (Å²) < 4.78 is 4.75. The van der Waals surface area contributed by atoms with Crippen LogP contribution in [0.1, 0.15) is 13.3 Å². The van der Waals surface area contributed by atoms with Crippen molar-refractivity contribution >= 4 is 5.97 Å². The van der Waals surface area contributed by atoms with Crippen LogP contribution in [0.5, 0.6) is 0 Å². The summed E-state index contributed by atoms with van der Waals surface area (Å²) in [4.78, 5) is 11.0. The minimum Gasteiger partial charge on any atom is -0.465 e. The first-order chi connectivity index (χ1) is 5.26. The summed E-state index contributed by atoms with van der Waals surface area (Å²) in [6.07, 6.45) is 5.41. The van der Waals surface area contributed by atoms with Crippen molar-refractivity contribution in [3.05, 3.63) is 0 Å². The van der Waals surface area contributed by atoms with Gasteiger partial charge in [0.15, 0.2) is 0 Å². The lowest BCUT2D eigenvalue weighted by Gasteiger charge is -2.10. The van der Waals surface area contributed by atoms with Crippen LogP contribution >= 0.6 is 0 Å². The fourth-order valence-corrected chi connectivity index (χ4v) is 0.664. The van der Waals surface area contributed by atoms with Gasteiger partial charge in [-0.1, -0.05) is 0 Å². The molecule has 1 N–H and O–H groups in total. The van der Waals surface area contributed by atoms with Crippen molar-refractivity contribution in [2.45, 2.75) is 19.4 Å². The number of terminal acetylenes is 1. The van der Waals surface area contributed by atoms with Crippen LogP contribution in [0, 0.1) is 12.3 Å². The highest BCUT2D eigenvalue weighted by atomic mass is 16.5. The van der Waals surface area contributed by atoms with Gasteiger partial charge in [0, 0.05) is 6.42 Å². The Kier molecular flexibility index (Phi) is 5.22.